The van der Waals surface area contributed by atoms with Crippen molar-refractivity contribution in [3.63, 3.8) is 0 Å². The first-order valence-corrected chi connectivity index (χ1v) is 5.86. The molecule has 78 valence electrons. The number of carboxylic acid groups (broad SMARTS) is 1. The van der Waals surface area contributed by atoms with E-state index >= 15 is 0 Å². The van der Waals surface area contributed by atoms with Crippen LogP contribution in [-0.2, 0) is 4.79 Å². The van der Waals surface area contributed by atoms with Crippen LogP contribution in [0.15, 0.2) is 0 Å². The average Bonchev–Trinajstić information content (AvgIpc) is 2.43. The van der Waals surface area contributed by atoms with E-state index in [1.54, 1.807) is 0 Å². The summed E-state index contributed by atoms with van der Waals surface area (Å²) in [6, 6.07) is 0. The summed E-state index contributed by atoms with van der Waals surface area (Å²) in [7, 11) is 0. The van der Waals surface area contributed by atoms with Crippen molar-refractivity contribution >= 4 is 5.97 Å². The first-order valence-electron chi connectivity index (χ1n) is 5.86. The van der Waals surface area contributed by atoms with Gasteiger partial charge in [0.2, 0.25) is 0 Å². The van der Waals surface area contributed by atoms with Crippen LogP contribution < -0.4 is 0 Å². The lowest BCUT2D eigenvalue weighted by molar-refractivity contribution is -0.167. The van der Waals surface area contributed by atoms with Gasteiger partial charge in [-0.05, 0) is 49.4 Å². The molecule has 0 saturated heterocycles. The minimum absolute atomic E-state index is 0.00578. The second-order valence-corrected chi connectivity index (χ2v) is 6.00. The van der Waals surface area contributed by atoms with Crippen LogP contribution in [0.1, 0.15) is 51.4 Å². The monoisotopic (exact) mass is 194 g/mol. The Morgan fingerprint density at radius 3 is 2.14 bits per heavy atom. The molecule has 2 heteroatoms. The number of rotatable bonds is 1. The highest BCUT2D eigenvalue weighted by Crippen LogP contribution is 2.70. The maximum Gasteiger partial charge on any atom is 0.306 e. The van der Waals surface area contributed by atoms with Crippen molar-refractivity contribution < 1.29 is 9.90 Å². The van der Waals surface area contributed by atoms with Gasteiger partial charge in [-0.1, -0.05) is 12.8 Å². The lowest BCUT2D eigenvalue weighted by Gasteiger charge is -2.62. The van der Waals surface area contributed by atoms with Crippen molar-refractivity contribution in [1.29, 1.82) is 0 Å². The Morgan fingerprint density at radius 1 is 1.07 bits per heavy atom. The summed E-state index contributed by atoms with van der Waals surface area (Å²) in [6.45, 7) is 0. The van der Waals surface area contributed by atoms with Gasteiger partial charge < -0.3 is 5.11 Å². The van der Waals surface area contributed by atoms with Crippen LogP contribution in [0.5, 0.6) is 0 Å². The molecule has 1 N–H and O–H groups in total. The number of hydrogen-bond acceptors (Lipinski definition) is 1. The van der Waals surface area contributed by atoms with Gasteiger partial charge in [0.25, 0.3) is 0 Å². The molecule has 0 radical (unpaired) electrons. The third kappa shape index (κ3) is 1.06. The van der Waals surface area contributed by atoms with Gasteiger partial charge in [-0.2, -0.15) is 0 Å². The van der Waals surface area contributed by atoms with Crippen molar-refractivity contribution in [3.05, 3.63) is 0 Å². The van der Waals surface area contributed by atoms with E-state index in [2.05, 4.69) is 0 Å². The van der Waals surface area contributed by atoms with Crippen LogP contribution in [0, 0.1) is 16.7 Å². The van der Waals surface area contributed by atoms with Gasteiger partial charge in [-0.3, -0.25) is 4.79 Å². The fourth-order valence-electron chi connectivity index (χ4n) is 4.47. The molecule has 3 saturated carbocycles. The average molecular weight is 194 g/mol. The Morgan fingerprint density at radius 2 is 1.64 bits per heavy atom. The Labute approximate surface area is 84.7 Å². The first kappa shape index (κ1) is 8.75. The standard InChI is InChI=1S/C12H18O2/c13-10(14)9-5-12(6-9)7-11(8-12)3-1-2-4-11/h9H,1-8H2,(H,13,14). The highest BCUT2D eigenvalue weighted by atomic mass is 16.4. The molecule has 3 fully saturated rings. The molecule has 0 aromatic heterocycles. The highest BCUT2D eigenvalue weighted by molar-refractivity contribution is 5.71. The second kappa shape index (κ2) is 2.53. The van der Waals surface area contributed by atoms with E-state index < -0.39 is 5.97 Å². The van der Waals surface area contributed by atoms with E-state index in [1.165, 1.54) is 38.5 Å². The van der Waals surface area contributed by atoms with Gasteiger partial charge in [0.1, 0.15) is 0 Å². The van der Waals surface area contributed by atoms with Crippen molar-refractivity contribution in [2.24, 2.45) is 16.7 Å². The number of aliphatic carboxylic acids is 1. The molecule has 0 heterocycles. The lowest BCUT2D eigenvalue weighted by Crippen LogP contribution is -2.54. The largest absolute Gasteiger partial charge is 0.481 e. The second-order valence-electron chi connectivity index (χ2n) is 6.00. The van der Waals surface area contributed by atoms with E-state index in [0.29, 0.717) is 10.8 Å². The van der Waals surface area contributed by atoms with E-state index in [1.807, 2.05) is 0 Å². The Balaban J connectivity index is 1.58. The van der Waals surface area contributed by atoms with Crippen LogP contribution >= 0.6 is 0 Å². The SMILES string of the molecule is O=C(O)C1CC2(C1)CC1(CCCC1)C2. The van der Waals surface area contributed by atoms with E-state index in [4.69, 9.17) is 5.11 Å². The molecule has 3 rings (SSSR count). The molecule has 2 spiro atoms. The minimum Gasteiger partial charge on any atom is -0.481 e. The Bertz CT molecular complexity index is 260. The maximum atomic E-state index is 10.7. The Kier molecular flexibility index (Phi) is 1.58. The molecule has 0 bridgehead atoms. The minimum atomic E-state index is -0.567. The lowest BCUT2D eigenvalue weighted by atomic mass is 9.42. The van der Waals surface area contributed by atoms with Crippen LogP contribution in [-0.4, -0.2) is 11.1 Å². The van der Waals surface area contributed by atoms with Crippen molar-refractivity contribution in [2.75, 3.05) is 0 Å². The van der Waals surface area contributed by atoms with Crippen LogP contribution in [0.3, 0.4) is 0 Å². The fraction of sp³-hybridized carbons (Fsp3) is 0.917. The predicted octanol–water partition coefficient (Wildman–Crippen LogP) is 2.82. The molecular formula is C12H18O2. The van der Waals surface area contributed by atoms with E-state index in [0.717, 1.165) is 12.8 Å². The molecular weight excluding hydrogens is 176 g/mol. The summed E-state index contributed by atoms with van der Waals surface area (Å²) in [4.78, 5) is 10.7. The van der Waals surface area contributed by atoms with Gasteiger partial charge in [-0.25, -0.2) is 0 Å². The molecule has 0 aliphatic heterocycles. The van der Waals surface area contributed by atoms with Crippen molar-refractivity contribution in [1.82, 2.24) is 0 Å². The van der Waals surface area contributed by atoms with Gasteiger partial charge in [0.05, 0.1) is 5.92 Å². The molecule has 0 aromatic rings. The molecule has 0 amide bonds. The topological polar surface area (TPSA) is 37.3 Å². The van der Waals surface area contributed by atoms with E-state index in [9.17, 15) is 4.79 Å². The zero-order chi connectivity index (χ0) is 9.81. The van der Waals surface area contributed by atoms with Gasteiger partial charge in [0, 0.05) is 0 Å². The van der Waals surface area contributed by atoms with E-state index in [-0.39, 0.29) is 5.92 Å². The Hall–Kier alpha value is -0.530. The molecule has 14 heavy (non-hydrogen) atoms. The molecule has 3 aliphatic rings. The zero-order valence-electron chi connectivity index (χ0n) is 8.59. The molecule has 2 nitrogen and oxygen atoms in total. The maximum absolute atomic E-state index is 10.7. The summed E-state index contributed by atoms with van der Waals surface area (Å²) in [5, 5.41) is 8.84. The van der Waals surface area contributed by atoms with Crippen LogP contribution in [0.2, 0.25) is 0 Å². The fourth-order valence-corrected chi connectivity index (χ4v) is 4.47. The molecule has 0 aromatic carbocycles. The summed E-state index contributed by atoms with van der Waals surface area (Å²) < 4.78 is 0. The zero-order valence-corrected chi connectivity index (χ0v) is 8.59. The molecule has 0 atom stereocenters. The molecule has 3 aliphatic carbocycles. The quantitative estimate of drug-likeness (QED) is 0.697. The first-order chi connectivity index (χ1) is 6.63. The normalized spacial score (nSPS) is 32.9. The van der Waals surface area contributed by atoms with Gasteiger partial charge >= 0.3 is 5.97 Å². The number of carboxylic acids is 1. The summed E-state index contributed by atoms with van der Waals surface area (Å²) >= 11 is 0. The summed E-state index contributed by atoms with van der Waals surface area (Å²) in [5.74, 6) is -0.572. The smallest absolute Gasteiger partial charge is 0.306 e. The third-order valence-electron chi connectivity index (χ3n) is 4.87. The summed E-state index contributed by atoms with van der Waals surface area (Å²) in [6.07, 6.45) is 10.3. The number of hydrogen-bond donors (Lipinski definition) is 1. The van der Waals surface area contributed by atoms with Crippen LogP contribution in [0.25, 0.3) is 0 Å². The van der Waals surface area contributed by atoms with Crippen LogP contribution in [0.4, 0.5) is 0 Å². The highest BCUT2D eigenvalue weighted by Gasteiger charge is 2.61. The van der Waals surface area contributed by atoms with Crippen molar-refractivity contribution in [3.8, 4) is 0 Å². The van der Waals surface area contributed by atoms with Crippen molar-refractivity contribution in [2.45, 2.75) is 51.4 Å². The van der Waals surface area contributed by atoms with Gasteiger partial charge in [0.15, 0.2) is 0 Å². The molecule has 0 unspecified atom stereocenters. The number of carbonyl (C=O) groups is 1. The predicted molar refractivity (Wildman–Crippen MR) is 52.9 cm³/mol. The third-order valence-corrected chi connectivity index (χ3v) is 4.87. The summed E-state index contributed by atoms with van der Waals surface area (Å²) in [5.41, 5.74) is 1.18. The van der Waals surface area contributed by atoms with Gasteiger partial charge in [-0.15, -0.1) is 0 Å².